The Hall–Kier alpha value is -3.09. The SMILES string of the molecule is Cc1c(CC(=O)N[C@@H](C)c2ccc(F)cc2F)c(=O)[nH]c2cccc(F)c12. The number of aryl methyl sites for hydroxylation is 1. The molecule has 0 spiro atoms. The fourth-order valence-electron chi connectivity index (χ4n) is 3.12. The number of H-pyrrole nitrogens is 1. The van der Waals surface area contributed by atoms with Gasteiger partial charge >= 0.3 is 0 Å². The highest BCUT2D eigenvalue weighted by Gasteiger charge is 2.18. The molecule has 1 aromatic heterocycles. The second kappa shape index (κ2) is 7.26. The molecule has 0 aliphatic carbocycles. The van der Waals surface area contributed by atoms with E-state index < -0.39 is 35.0 Å². The van der Waals surface area contributed by atoms with Gasteiger partial charge in [-0.25, -0.2) is 13.2 Å². The van der Waals surface area contributed by atoms with Crippen molar-refractivity contribution in [2.24, 2.45) is 0 Å². The van der Waals surface area contributed by atoms with Crippen molar-refractivity contribution in [1.82, 2.24) is 10.3 Å². The van der Waals surface area contributed by atoms with Crippen molar-refractivity contribution in [3.05, 3.63) is 80.9 Å². The smallest absolute Gasteiger partial charge is 0.252 e. The summed E-state index contributed by atoms with van der Waals surface area (Å²) in [7, 11) is 0. The predicted octanol–water partition coefficient (Wildman–Crippen LogP) is 3.67. The number of carbonyl (C=O) groups is 1. The summed E-state index contributed by atoms with van der Waals surface area (Å²) in [5, 5.41) is 2.82. The fourth-order valence-corrected chi connectivity index (χ4v) is 3.12. The second-order valence-electron chi connectivity index (χ2n) is 6.35. The molecule has 4 nitrogen and oxygen atoms in total. The number of pyridine rings is 1. The van der Waals surface area contributed by atoms with Crippen LogP contribution >= 0.6 is 0 Å². The summed E-state index contributed by atoms with van der Waals surface area (Å²) in [4.78, 5) is 27.2. The van der Waals surface area contributed by atoms with Crippen LogP contribution in [0.5, 0.6) is 0 Å². The molecule has 0 saturated carbocycles. The van der Waals surface area contributed by atoms with E-state index in [0.717, 1.165) is 12.1 Å². The molecule has 0 bridgehead atoms. The average Bonchev–Trinajstić information content (AvgIpc) is 2.58. The number of fused-ring (bicyclic) bond motifs is 1. The maximum absolute atomic E-state index is 14.1. The normalized spacial score (nSPS) is 12.2. The zero-order valence-corrected chi connectivity index (χ0v) is 14.7. The number of carbonyl (C=O) groups excluding carboxylic acids is 1. The van der Waals surface area contributed by atoms with E-state index in [4.69, 9.17) is 0 Å². The van der Waals surface area contributed by atoms with Gasteiger partial charge in [0.05, 0.1) is 18.0 Å². The van der Waals surface area contributed by atoms with E-state index in [9.17, 15) is 22.8 Å². The quantitative estimate of drug-likeness (QED) is 0.732. The fraction of sp³-hybridized carbons (Fsp3) is 0.200. The van der Waals surface area contributed by atoms with Crippen LogP contribution in [0.15, 0.2) is 41.2 Å². The summed E-state index contributed by atoms with van der Waals surface area (Å²) in [6, 6.07) is 6.69. The van der Waals surface area contributed by atoms with Gasteiger partial charge in [0.1, 0.15) is 17.5 Å². The number of hydrogen-bond donors (Lipinski definition) is 2. The molecule has 7 heteroatoms. The molecular weight excluding hydrogens is 357 g/mol. The number of aromatic nitrogens is 1. The first-order valence-corrected chi connectivity index (χ1v) is 8.32. The van der Waals surface area contributed by atoms with Gasteiger partial charge in [0.2, 0.25) is 5.91 Å². The third-order valence-electron chi connectivity index (χ3n) is 4.51. The lowest BCUT2D eigenvalue weighted by atomic mass is 10.0. The van der Waals surface area contributed by atoms with Crippen LogP contribution in [0.2, 0.25) is 0 Å². The number of halogens is 3. The van der Waals surface area contributed by atoms with Crippen molar-refractivity contribution >= 4 is 16.8 Å². The molecule has 3 rings (SSSR count). The van der Waals surface area contributed by atoms with Crippen LogP contribution in [-0.2, 0) is 11.2 Å². The molecule has 2 N–H and O–H groups in total. The van der Waals surface area contributed by atoms with E-state index in [1.54, 1.807) is 19.9 Å². The topological polar surface area (TPSA) is 62.0 Å². The van der Waals surface area contributed by atoms with Gasteiger partial charge in [-0.05, 0) is 37.6 Å². The highest BCUT2D eigenvalue weighted by atomic mass is 19.1. The molecule has 1 heterocycles. The number of amides is 1. The van der Waals surface area contributed by atoms with Gasteiger partial charge < -0.3 is 10.3 Å². The van der Waals surface area contributed by atoms with Crippen LogP contribution < -0.4 is 10.9 Å². The summed E-state index contributed by atoms with van der Waals surface area (Å²) in [5.41, 5.74) is 0.504. The molecule has 0 aliphatic heterocycles. The predicted molar refractivity (Wildman–Crippen MR) is 95.9 cm³/mol. The lowest BCUT2D eigenvalue weighted by Crippen LogP contribution is -2.31. The Labute approximate surface area is 153 Å². The minimum absolute atomic E-state index is 0.125. The lowest BCUT2D eigenvalue weighted by Gasteiger charge is -2.16. The van der Waals surface area contributed by atoms with E-state index in [-0.39, 0.29) is 22.9 Å². The zero-order valence-electron chi connectivity index (χ0n) is 14.7. The number of nitrogens with one attached hydrogen (secondary N) is 2. The van der Waals surface area contributed by atoms with Gasteiger partial charge in [-0.2, -0.15) is 0 Å². The van der Waals surface area contributed by atoms with Crippen molar-refractivity contribution in [2.75, 3.05) is 0 Å². The van der Waals surface area contributed by atoms with Crippen LogP contribution in [-0.4, -0.2) is 10.9 Å². The van der Waals surface area contributed by atoms with E-state index in [2.05, 4.69) is 10.3 Å². The van der Waals surface area contributed by atoms with E-state index in [1.807, 2.05) is 0 Å². The van der Waals surface area contributed by atoms with Gasteiger partial charge in [0, 0.05) is 22.6 Å². The van der Waals surface area contributed by atoms with Crippen molar-refractivity contribution in [1.29, 1.82) is 0 Å². The third kappa shape index (κ3) is 3.72. The van der Waals surface area contributed by atoms with Gasteiger partial charge in [-0.15, -0.1) is 0 Å². The Bertz CT molecular complexity index is 1090. The van der Waals surface area contributed by atoms with Crippen molar-refractivity contribution in [3.8, 4) is 0 Å². The van der Waals surface area contributed by atoms with Crippen molar-refractivity contribution < 1.29 is 18.0 Å². The van der Waals surface area contributed by atoms with Gasteiger partial charge in [-0.3, -0.25) is 9.59 Å². The van der Waals surface area contributed by atoms with Crippen LogP contribution in [0.1, 0.15) is 29.7 Å². The second-order valence-corrected chi connectivity index (χ2v) is 6.35. The standard InChI is InChI=1S/C20H17F3N2O2/c1-10-14(20(27)25-17-5-3-4-15(22)19(10)17)9-18(26)24-11(2)13-7-6-12(21)8-16(13)23/h3-8,11H,9H2,1-2H3,(H,24,26)(H,25,27)/t11-/m0/s1. The third-order valence-corrected chi connectivity index (χ3v) is 4.51. The molecule has 0 radical (unpaired) electrons. The molecule has 140 valence electrons. The highest BCUT2D eigenvalue weighted by molar-refractivity contribution is 5.86. The maximum Gasteiger partial charge on any atom is 0.252 e. The molecule has 0 saturated heterocycles. The lowest BCUT2D eigenvalue weighted by molar-refractivity contribution is -0.121. The molecular formula is C20H17F3N2O2. The monoisotopic (exact) mass is 374 g/mol. The summed E-state index contributed by atoms with van der Waals surface area (Å²) in [6.45, 7) is 3.12. The van der Waals surface area contributed by atoms with E-state index >= 15 is 0 Å². The van der Waals surface area contributed by atoms with Crippen LogP contribution in [0.25, 0.3) is 10.9 Å². The minimum atomic E-state index is -0.774. The molecule has 1 amide bonds. The van der Waals surface area contributed by atoms with Gasteiger partial charge in [0.25, 0.3) is 5.56 Å². The molecule has 2 aromatic carbocycles. The number of aromatic amines is 1. The number of rotatable bonds is 4. The Morgan fingerprint density at radius 3 is 2.59 bits per heavy atom. The van der Waals surface area contributed by atoms with Crippen LogP contribution in [0, 0.1) is 24.4 Å². The molecule has 3 aromatic rings. The number of benzene rings is 2. The van der Waals surface area contributed by atoms with Crippen LogP contribution in [0.3, 0.4) is 0 Å². The molecule has 27 heavy (non-hydrogen) atoms. The average molecular weight is 374 g/mol. The summed E-state index contributed by atoms with van der Waals surface area (Å²) in [5.74, 6) is -2.51. The van der Waals surface area contributed by atoms with E-state index in [1.165, 1.54) is 18.2 Å². The highest BCUT2D eigenvalue weighted by Crippen LogP contribution is 2.22. The molecule has 0 aliphatic rings. The first-order valence-electron chi connectivity index (χ1n) is 8.32. The number of hydrogen-bond acceptors (Lipinski definition) is 2. The zero-order chi connectivity index (χ0) is 19.7. The van der Waals surface area contributed by atoms with E-state index in [0.29, 0.717) is 11.1 Å². The first-order chi connectivity index (χ1) is 12.8. The summed E-state index contributed by atoms with van der Waals surface area (Å²) >= 11 is 0. The van der Waals surface area contributed by atoms with Gasteiger partial charge in [0.15, 0.2) is 0 Å². The Kier molecular flexibility index (Phi) is 5.03. The summed E-state index contributed by atoms with van der Waals surface area (Å²) in [6.07, 6.45) is -0.293. The summed E-state index contributed by atoms with van der Waals surface area (Å²) < 4.78 is 41.0. The first kappa shape index (κ1) is 18.7. The molecule has 0 fully saturated rings. The Balaban J connectivity index is 1.86. The Morgan fingerprint density at radius 2 is 1.89 bits per heavy atom. The molecule has 1 atom stereocenters. The van der Waals surface area contributed by atoms with Crippen molar-refractivity contribution in [3.63, 3.8) is 0 Å². The van der Waals surface area contributed by atoms with Crippen LogP contribution in [0.4, 0.5) is 13.2 Å². The minimum Gasteiger partial charge on any atom is -0.349 e. The van der Waals surface area contributed by atoms with Gasteiger partial charge in [-0.1, -0.05) is 12.1 Å². The largest absolute Gasteiger partial charge is 0.349 e. The maximum atomic E-state index is 14.1. The Morgan fingerprint density at radius 1 is 1.15 bits per heavy atom. The molecule has 0 unspecified atom stereocenters. The van der Waals surface area contributed by atoms with Crippen molar-refractivity contribution in [2.45, 2.75) is 26.3 Å².